The van der Waals surface area contributed by atoms with Crippen LogP contribution in [-0.2, 0) is 15.1 Å². The van der Waals surface area contributed by atoms with Gasteiger partial charge in [-0.1, -0.05) is 0 Å². The molecule has 1 fully saturated rings. The van der Waals surface area contributed by atoms with E-state index in [0.717, 1.165) is 36.9 Å². The zero-order chi connectivity index (χ0) is 21.5. The van der Waals surface area contributed by atoms with E-state index in [4.69, 9.17) is 9.72 Å². The van der Waals surface area contributed by atoms with E-state index in [1.54, 1.807) is 27.2 Å². The van der Waals surface area contributed by atoms with Crippen molar-refractivity contribution in [2.24, 2.45) is 0 Å². The van der Waals surface area contributed by atoms with Crippen molar-refractivity contribution in [3.8, 4) is 11.3 Å². The molecular formula is C22H29N5O3. The van der Waals surface area contributed by atoms with Crippen LogP contribution in [0.2, 0.25) is 0 Å². The Morgan fingerprint density at radius 2 is 1.93 bits per heavy atom. The van der Waals surface area contributed by atoms with Crippen molar-refractivity contribution in [3.05, 3.63) is 29.7 Å². The number of fused-ring (bicyclic) bond motifs is 1. The summed E-state index contributed by atoms with van der Waals surface area (Å²) in [5.74, 6) is 1.15. The zero-order valence-electron chi connectivity index (χ0n) is 18.0. The maximum absolute atomic E-state index is 12.3. The molecule has 4 rings (SSSR count). The number of amides is 1. The average molecular weight is 412 g/mol. The van der Waals surface area contributed by atoms with Crippen LogP contribution in [0, 0.1) is 6.92 Å². The maximum atomic E-state index is 12.3. The number of aliphatic hydroxyl groups is 1. The van der Waals surface area contributed by atoms with Gasteiger partial charge < -0.3 is 20.1 Å². The molecular weight excluding hydrogens is 382 g/mol. The molecule has 8 heteroatoms. The molecule has 0 atom stereocenters. The number of methoxy groups -OCH3 is 1. The van der Waals surface area contributed by atoms with Gasteiger partial charge in [0.15, 0.2) is 11.6 Å². The minimum absolute atomic E-state index is 0.0641. The monoisotopic (exact) mass is 411 g/mol. The lowest BCUT2D eigenvalue weighted by Crippen LogP contribution is -2.47. The van der Waals surface area contributed by atoms with Crippen LogP contribution in [0.4, 0.5) is 11.6 Å². The molecule has 0 unspecified atom stereocenters. The van der Waals surface area contributed by atoms with Crippen LogP contribution in [0.1, 0.15) is 50.9 Å². The number of rotatable bonds is 4. The molecule has 2 aromatic rings. The second-order valence-corrected chi connectivity index (χ2v) is 8.66. The molecule has 0 radical (unpaired) electrons. The second-order valence-electron chi connectivity index (χ2n) is 8.66. The van der Waals surface area contributed by atoms with E-state index in [2.05, 4.69) is 20.2 Å². The summed E-state index contributed by atoms with van der Waals surface area (Å²) < 4.78 is 5.49. The lowest BCUT2D eigenvalue weighted by Gasteiger charge is -2.39. The molecule has 0 aromatic carbocycles. The number of anilines is 2. The Morgan fingerprint density at radius 3 is 2.57 bits per heavy atom. The Hall–Kier alpha value is -2.58. The van der Waals surface area contributed by atoms with Gasteiger partial charge in [-0.3, -0.25) is 9.78 Å². The molecule has 0 spiro atoms. The molecule has 3 heterocycles. The Morgan fingerprint density at radius 1 is 1.20 bits per heavy atom. The number of hydrogen-bond donors (Lipinski definition) is 2. The van der Waals surface area contributed by atoms with Crippen molar-refractivity contribution in [2.75, 3.05) is 23.9 Å². The Labute approximate surface area is 176 Å². The number of nitrogens with zero attached hydrogens (tertiary/aromatic N) is 4. The fraction of sp³-hybridized carbons (Fsp3) is 0.545. The first kappa shape index (κ1) is 20.7. The van der Waals surface area contributed by atoms with Gasteiger partial charge in [-0.15, -0.1) is 0 Å². The molecule has 2 N–H and O–H groups in total. The van der Waals surface area contributed by atoms with Gasteiger partial charge in [-0.05, 0) is 58.6 Å². The quantitative estimate of drug-likeness (QED) is 0.798. The van der Waals surface area contributed by atoms with Crippen LogP contribution in [-0.4, -0.2) is 51.8 Å². The van der Waals surface area contributed by atoms with Gasteiger partial charge >= 0.3 is 0 Å². The second kappa shape index (κ2) is 7.92. The smallest absolute Gasteiger partial charge is 0.245 e. The summed E-state index contributed by atoms with van der Waals surface area (Å²) in [6.07, 6.45) is 5.82. The fourth-order valence-electron chi connectivity index (χ4n) is 4.27. The molecule has 0 saturated heterocycles. The topological polar surface area (TPSA) is 100 Å². The van der Waals surface area contributed by atoms with Gasteiger partial charge in [0.25, 0.3) is 0 Å². The number of hydrogen-bond acceptors (Lipinski definition) is 7. The van der Waals surface area contributed by atoms with Crippen LogP contribution >= 0.6 is 0 Å². The highest BCUT2D eigenvalue weighted by Crippen LogP contribution is 2.35. The number of carbonyl (C=O) groups excluding carboxylic acids is 1. The molecule has 160 valence electrons. The highest BCUT2D eigenvalue weighted by Gasteiger charge is 2.33. The predicted octanol–water partition coefficient (Wildman–Crippen LogP) is 2.79. The van der Waals surface area contributed by atoms with Crippen molar-refractivity contribution in [2.45, 2.75) is 64.2 Å². The Bertz CT molecular complexity index is 948. The van der Waals surface area contributed by atoms with Crippen molar-refractivity contribution in [3.63, 3.8) is 0 Å². The number of pyridine rings is 1. The number of carbonyl (C=O) groups is 1. The van der Waals surface area contributed by atoms with Crippen LogP contribution in [0.3, 0.4) is 0 Å². The normalized spacial score (nSPS) is 21.9. The highest BCUT2D eigenvalue weighted by atomic mass is 16.5. The van der Waals surface area contributed by atoms with E-state index in [-0.39, 0.29) is 18.5 Å². The standard InChI is InChI=1S/C22H29N5O3/c1-13-16(9-10-18(24-13)22(2,3)29)17-11-23-20-21(25-17)27(12-19(28)26-20)14-5-7-15(30-4)8-6-14/h9-11,14-15,29H,5-8,12H2,1-4H3,(H,23,26,28)/t14-,15+. The van der Waals surface area contributed by atoms with Gasteiger partial charge in [-0.25, -0.2) is 9.97 Å². The van der Waals surface area contributed by atoms with Gasteiger partial charge in [0.1, 0.15) is 5.60 Å². The van der Waals surface area contributed by atoms with E-state index < -0.39 is 5.60 Å². The van der Waals surface area contributed by atoms with E-state index in [1.165, 1.54) is 0 Å². The van der Waals surface area contributed by atoms with Crippen LogP contribution in [0.5, 0.6) is 0 Å². The van der Waals surface area contributed by atoms with Gasteiger partial charge in [0.2, 0.25) is 5.91 Å². The highest BCUT2D eigenvalue weighted by molar-refractivity contribution is 5.99. The molecule has 2 aliphatic rings. The van der Waals surface area contributed by atoms with Crippen LogP contribution < -0.4 is 10.2 Å². The summed E-state index contributed by atoms with van der Waals surface area (Å²) in [5, 5.41) is 13.1. The van der Waals surface area contributed by atoms with E-state index in [1.807, 2.05) is 19.1 Å². The third-order valence-electron chi connectivity index (χ3n) is 6.00. The fourth-order valence-corrected chi connectivity index (χ4v) is 4.27. The van der Waals surface area contributed by atoms with Crippen LogP contribution in [0.25, 0.3) is 11.3 Å². The predicted molar refractivity (Wildman–Crippen MR) is 114 cm³/mol. The van der Waals surface area contributed by atoms with Gasteiger partial charge in [0.05, 0.1) is 30.2 Å². The summed E-state index contributed by atoms with van der Waals surface area (Å²) in [4.78, 5) is 28.3. The first-order chi connectivity index (χ1) is 14.3. The molecule has 2 aromatic heterocycles. The summed E-state index contributed by atoms with van der Waals surface area (Å²) in [7, 11) is 1.76. The largest absolute Gasteiger partial charge is 0.384 e. The summed E-state index contributed by atoms with van der Waals surface area (Å²) in [6.45, 7) is 5.61. The third kappa shape index (κ3) is 4.02. The minimum atomic E-state index is -1.01. The zero-order valence-corrected chi connectivity index (χ0v) is 18.0. The van der Waals surface area contributed by atoms with Crippen molar-refractivity contribution >= 4 is 17.5 Å². The molecule has 1 saturated carbocycles. The lowest BCUT2D eigenvalue weighted by molar-refractivity contribution is -0.115. The lowest BCUT2D eigenvalue weighted by atomic mass is 9.91. The Balaban J connectivity index is 1.67. The van der Waals surface area contributed by atoms with Crippen LogP contribution in [0.15, 0.2) is 18.3 Å². The van der Waals surface area contributed by atoms with Crippen molar-refractivity contribution in [1.29, 1.82) is 0 Å². The minimum Gasteiger partial charge on any atom is -0.384 e. The molecule has 30 heavy (non-hydrogen) atoms. The van der Waals surface area contributed by atoms with Crippen molar-refractivity contribution < 1.29 is 14.6 Å². The first-order valence-corrected chi connectivity index (χ1v) is 10.4. The SMILES string of the molecule is CO[C@H]1CC[C@@H](N2CC(=O)Nc3ncc(-c4ccc(C(C)(C)O)nc4C)nc32)CC1. The Kier molecular flexibility index (Phi) is 5.46. The molecule has 1 amide bonds. The third-order valence-corrected chi connectivity index (χ3v) is 6.00. The van der Waals surface area contributed by atoms with E-state index in [0.29, 0.717) is 29.1 Å². The van der Waals surface area contributed by atoms with E-state index in [9.17, 15) is 9.90 Å². The number of aromatic nitrogens is 3. The van der Waals surface area contributed by atoms with E-state index >= 15 is 0 Å². The summed E-state index contributed by atoms with van der Waals surface area (Å²) in [5.41, 5.74) is 1.94. The summed E-state index contributed by atoms with van der Waals surface area (Å²) in [6, 6.07) is 3.97. The van der Waals surface area contributed by atoms with Crippen molar-refractivity contribution in [1.82, 2.24) is 15.0 Å². The maximum Gasteiger partial charge on any atom is 0.245 e. The number of nitrogens with one attached hydrogen (secondary N) is 1. The first-order valence-electron chi connectivity index (χ1n) is 10.4. The molecule has 8 nitrogen and oxygen atoms in total. The van der Waals surface area contributed by atoms with Gasteiger partial charge in [-0.2, -0.15) is 0 Å². The molecule has 1 aliphatic carbocycles. The van der Waals surface area contributed by atoms with Gasteiger partial charge in [0, 0.05) is 24.4 Å². The number of ether oxygens (including phenoxy) is 1. The summed E-state index contributed by atoms with van der Waals surface area (Å²) >= 11 is 0. The molecule has 0 bridgehead atoms. The number of aryl methyl sites for hydroxylation is 1. The average Bonchev–Trinajstić information content (AvgIpc) is 2.72. The molecule has 1 aliphatic heterocycles.